The summed E-state index contributed by atoms with van der Waals surface area (Å²) in [4.78, 5) is 0. The van der Waals surface area contributed by atoms with E-state index < -0.39 is 0 Å². The van der Waals surface area contributed by atoms with Crippen LogP contribution >= 0.6 is 0 Å². The summed E-state index contributed by atoms with van der Waals surface area (Å²) in [6, 6.07) is 8.96. The summed E-state index contributed by atoms with van der Waals surface area (Å²) in [6.45, 7) is 4.19. The second-order valence-corrected chi connectivity index (χ2v) is 6.56. The normalized spacial score (nSPS) is 21.6. The molecule has 0 saturated heterocycles. The molecule has 1 aliphatic rings. The largest absolute Gasteiger partial charge is 0.101 e. The van der Waals surface area contributed by atoms with Gasteiger partial charge in [0, 0.05) is 5.56 Å². The Hall–Kier alpha value is -1.22. The van der Waals surface area contributed by atoms with Crippen LogP contribution in [-0.2, 0) is 0 Å². The molecular formula is C21H30. The maximum absolute atomic E-state index is 3.13. The van der Waals surface area contributed by atoms with Gasteiger partial charge in [-0.15, -0.1) is 5.92 Å². The van der Waals surface area contributed by atoms with E-state index >= 15 is 0 Å². The van der Waals surface area contributed by atoms with Crippen molar-refractivity contribution in [1.82, 2.24) is 0 Å². The Morgan fingerprint density at radius 3 is 2.29 bits per heavy atom. The van der Waals surface area contributed by atoms with Crippen LogP contribution in [0.25, 0.3) is 0 Å². The Morgan fingerprint density at radius 1 is 0.952 bits per heavy atom. The van der Waals surface area contributed by atoms with Crippen molar-refractivity contribution in [1.29, 1.82) is 0 Å². The third kappa shape index (κ3) is 5.24. The quantitative estimate of drug-likeness (QED) is 0.424. The fourth-order valence-electron chi connectivity index (χ4n) is 3.63. The van der Waals surface area contributed by atoms with E-state index in [2.05, 4.69) is 43.0 Å². The average molecular weight is 282 g/mol. The van der Waals surface area contributed by atoms with Gasteiger partial charge < -0.3 is 0 Å². The molecule has 0 radical (unpaired) electrons. The Kier molecular flexibility index (Phi) is 6.87. The van der Waals surface area contributed by atoms with Gasteiger partial charge in [0.15, 0.2) is 0 Å². The molecule has 1 aromatic rings. The number of hydrogen-bond acceptors (Lipinski definition) is 0. The lowest BCUT2D eigenvalue weighted by Gasteiger charge is -2.29. The van der Waals surface area contributed by atoms with E-state index in [9.17, 15) is 0 Å². The molecule has 0 unspecified atom stereocenters. The lowest BCUT2D eigenvalue weighted by molar-refractivity contribution is 0.302. The first kappa shape index (κ1) is 16.2. The number of rotatable bonds is 6. The van der Waals surface area contributed by atoms with Crippen molar-refractivity contribution in [2.45, 2.75) is 77.6 Å². The molecule has 2 rings (SSSR count). The number of hydrogen-bond donors (Lipinski definition) is 0. The highest BCUT2D eigenvalue weighted by Gasteiger charge is 2.21. The second-order valence-electron chi connectivity index (χ2n) is 6.56. The summed E-state index contributed by atoms with van der Waals surface area (Å²) < 4.78 is 0. The average Bonchev–Trinajstić information content (AvgIpc) is 2.53. The van der Waals surface area contributed by atoms with E-state index in [0.717, 1.165) is 17.4 Å². The van der Waals surface area contributed by atoms with Gasteiger partial charge >= 0.3 is 0 Å². The summed E-state index contributed by atoms with van der Waals surface area (Å²) in [7, 11) is 0. The standard InChI is InChI=1S/C21H30/c1-3-5-6-7-9-19-12-16-21(17-13-19)20-14-10-18(8-4-2)11-15-20/h10-11,14-15,19,21H,3,5-7,9,12-13,16-17H2,1-2H3/t19-,21-. The van der Waals surface area contributed by atoms with Gasteiger partial charge in [-0.05, 0) is 62.1 Å². The van der Waals surface area contributed by atoms with Gasteiger partial charge in [0.25, 0.3) is 0 Å². The molecule has 0 nitrogen and oxygen atoms in total. The summed E-state index contributed by atoms with van der Waals surface area (Å²) in [6.07, 6.45) is 12.8. The zero-order valence-electron chi connectivity index (χ0n) is 13.8. The maximum atomic E-state index is 3.13. The van der Waals surface area contributed by atoms with Crippen molar-refractivity contribution in [3.8, 4) is 11.8 Å². The highest BCUT2D eigenvalue weighted by Crippen LogP contribution is 2.37. The lowest BCUT2D eigenvalue weighted by atomic mass is 9.77. The van der Waals surface area contributed by atoms with Crippen LogP contribution in [-0.4, -0.2) is 0 Å². The van der Waals surface area contributed by atoms with Gasteiger partial charge in [-0.1, -0.05) is 57.1 Å². The first-order chi connectivity index (χ1) is 10.3. The second kappa shape index (κ2) is 8.93. The fraction of sp³-hybridized carbons (Fsp3) is 0.619. The summed E-state index contributed by atoms with van der Waals surface area (Å²) in [5.41, 5.74) is 2.67. The minimum absolute atomic E-state index is 0.792. The Labute approximate surface area is 131 Å². The predicted molar refractivity (Wildman–Crippen MR) is 92.5 cm³/mol. The Morgan fingerprint density at radius 2 is 1.67 bits per heavy atom. The summed E-state index contributed by atoms with van der Waals surface area (Å²) in [5.74, 6) is 7.89. The van der Waals surface area contributed by atoms with Crippen LogP contribution in [0.3, 0.4) is 0 Å². The van der Waals surface area contributed by atoms with Crippen molar-refractivity contribution in [3.05, 3.63) is 35.4 Å². The fourth-order valence-corrected chi connectivity index (χ4v) is 3.63. The molecule has 21 heavy (non-hydrogen) atoms. The zero-order chi connectivity index (χ0) is 14.9. The molecule has 0 aromatic heterocycles. The molecule has 114 valence electrons. The number of benzene rings is 1. The van der Waals surface area contributed by atoms with Crippen LogP contribution in [0, 0.1) is 17.8 Å². The molecule has 1 saturated carbocycles. The SMILES string of the molecule is CC#Cc1ccc([C@H]2CC[C@H](CCCCCC)CC2)cc1. The van der Waals surface area contributed by atoms with Crippen molar-refractivity contribution >= 4 is 0 Å². The minimum Gasteiger partial charge on any atom is -0.101 e. The molecule has 0 heterocycles. The van der Waals surface area contributed by atoms with Crippen molar-refractivity contribution < 1.29 is 0 Å². The summed E-state index contributed by atoms with van der Waals surface area (Å²) >= 11 is 0. The summed E-state index contributed by atoms with van der Waals surface area (Å²) in [5, 5.41) is 0. The highest BCUT2D eigenvalue weighted by atomic mass is 14.3. The first-order valence-corrected chi connectivity index (χ1v) is 8.86. The lowest BCUT2D eigenvalue weighted by Crippen LogP contribution is -2.13. The molecule has 0 amide bonds. The predicted octanol–water partition coefficient (Wildman–Crippen LogP) is 6.30. The van der Waals surface area contributed by atoms with E-state index in [1.165, 1.54) is 63.4 Å². The molecule has 1 aromatic carbocycles. The minimum atomic E-state index is 0.792. The van der Waals surface area contributed by atoms with Crippen LogP contribution < -0.4 is 0 Å². The van der Waals surface area contributed by atoms with Gasteiger partial charge in [-0.2, -0.15) is 0 Å². The monoisotopic (exact) mass is 282 g/mol. The van der Waals surface area contributed by atoms with E-state index in [4.69, 9.17) is 0 Å². The number of unbranched alkanes of at least 4 members (excludes halogenated alkanes) is 3. The van der Waals surface area contributed by atoms with Crippen molar-refractivity contribution in [3.63, 3.8) is 0 Å². The molecular weight excluding hydrogens is 252 g/mol. The van der Waals surface area contributed by atoms with Gasteiger partial charge in [-0.25, -0.2) is 0 Å². The van der Waals surface area contributed by atoms with Gasteiger partial charge in [0.2, 0.25) is 0 Å². The van der Waals surface area contributed by atoms with E-state index in [0.29, 0.717) is 0 Å². The zero-order valence-corrected chi connectivity index (χ0v) is 13.8. The molecule has 0 atom stereocenters. The molecule has 1 fully saturated rings. The molecule has 1 aliphatic carbocycles. The molecule has 0 bridgehead atoms. The van der Waals surface area contributed by atoms with Crippen LogP contribution in [0.4, 0.5) is 0 Å². The molecule has 0 heteroatoms. The van der Waals surface area contributed by atoms with E-state index in [1.807, 2.05) is 6.92 Å². The third-order valence-electron chi connectivity index (χ3n) is 4.96. The first-order valence-electron chi connectivity index (χ1n) is 8.86. The van der Waals surface area contributed by atoms with Crippen LogP contribution in [0.15, 0.2) is 24.3 Å². The van der Waals surface area contributed by atoms with E-state index in [-0.39, 0.29) is 0 Å². The molecule has 0 spiro atoms. The maximum Gasteiger partial charge on any atom is 0.0245 e. The Bertz CT molecular complexity index is 449. The smallest absolute Gasteiger partial charge is 0.0245 e. The third-order valence-corrected chi connectivity index (χ3v) is 4.96. The molecule has 0 aliphatic heterocycles. The van der Waals surface area contributed by atoms with Crippen LogP contribution in [0.1, 0.15) is 88.7 Å². The van der Waals surface area contributed by atoms with Crippen molar-refractivity contribution in [2.24, 2.45) is 5.92 Å². The topological polar surface area (TPSA) is 0 Å². The van der Waals surface area contributed by atoms with Crippen LogP contribution in [0.2, 0.25) is 0 Å². The molecule has 0 N–H and O–H groups in total. The highest BCUT2D eigenvalue weighted by molar-refractivity contribution is 5.36. The van der Waals surface area contributed by atoms with Crippen molar-refractivity contribution in [2.75, 3.05) is 0 Å². The van der Waals surface area contributed by atoms with Crippen LogP contribution in [0.5, 0.6) is 0 Å². The van der Waals surface area contributed by atoms with Gasteiger partial charge in [-0.3, -0.25) is 0 Å². The van der Waals surface area contributed by atoms with Gasteiger partial charge in [0.05, 0.1) is 0 Å². The Balaban J connectivity index is 1.76. The van der Waals surface area contributed by atoms with Gasteiger partial charge in [0.1, 0.15) is 0 Å². The van der Waals surface area contributed by atoms with E-state index in [1.54, 1.807) is 0 Å².